The Bertz CT molecular complexity index is 1380. The van der Waals surface area contributed by atoms with E-state index in [4.69, 9.17) is 15.2 Å². The Morgan fingerprint density at radius 1 is 0.971 bits per heavy atom. The van der Waals surface area contributed by atoms with Gasteiger partial charge in [0.2, 0.25) is 5.91 Å². The van der Waals surface area contributed by atoms with Gasteiger partial charge in [0.1, 0.15) is 0 Å². The molecule has 0 fully saturated rings. The van der Waals surface area contributed by atoms with Crippen molar-refractivity contribution in [2.24, 2.45) is 5.73 Å². The summed E-state index contributed by atoms with van der Waals surface area (Å²) < 4.78 is 9.28. The third-order valence-corrected chi connectivity index (χ3v) is 6.27. The van der Waals surface area contributed by atoms with Crippen LogP contribution in [0.15, 0.2) is 94.8 Å². The van der Waals surface area contributed by atoms with E-state index in [-0.39, 0.29) is 12.3 Å². The fourth-order valence-electron chi connectivity index (χ4n) is 3.62. The van der Waals surface area contributed by atoms with Gasteiger partial charge in [-0.3, -0.25) is 9.36 Å². The molecule has 0 saturated heterocycles. The molecule has 0 aliphatic heterocycles. The number of nitrogens with two attached hydrogens (primary N) is 1. The monoisotopic (exact) mass is 470 g/mol. The SMILES string of the molecule is NC(=O)CCn1c(SCc2cn(-c3ccccc3)nc2-c2ccccc2)nnc1-c1ccco1. The normalized spacial score (nSPS) is 11.1. The number of carbonyl (C=O) groups excluding carboxylic acids is 1. The summed E-state index contributed by atoms with van der Waals surface area (Å²) >= 11 is 1.53. The van der Waals surface area contributed by atoms with Crippen molar-refractivity contribution in [1.29, 1.82) is 0 Å². The summed E-state index contributed by atoms with van der Waals surface area (Å²) in [5.74, 6) is 1.39. The van der Waals surface area contributed by atoms with Gasteiger partial charge in [0.25, 0.3) is 0 Å². The molecule has 0 saturated carbocycles. The van der Waals surface area contributed by atoms with E-state index in [0.29, 0.717) is 29.0 Å². The molecular formula is C25H22N6O2S. The maximum Gasteiger partial charge on any atom is 0.219 e. The van der Waals surface area contributed by atoms with E-state index < -0.39 is 0 Å². The summed E-state index contributed by atoms with van der Waals surface area (Å²) in [5.41, 5.74) is 9.40. The van der Waals surface area contributed by atoms with E-state index in [1.54, 1.807) is 12.3 Å². The Labute approximate surface area is 200 Å². The van der Waals surface area contributed by atoms with Crippen LogP contribution in [0, 0.1) is 0 Å². The van der Waals surface area contributed by atoms with Gasteiger partial charge in [0.05, 0.1) is 17.6 Å². The van der Waals surface area contributed by atoms with Gasteiger partial charge in [-0.1, -0.05) is 60.3 Å². The third kappa shape index (κ3) is 4.65. The zero-order chi connectivity index (χ0) is 23.3. The molecule has 0 aliphatic carbocycles. The standard InChI is InChI=1S/C25H22N6O2S/c26-22(32)13-14-30-24(21-12-7-15-33-21)27-28-25(30)34-17-19-16-31(20-10-5-2-6-11-20)29-23(19)18-8-3-1-4-9-18/h1-12,15-16H,13-14,17H2,(H2,26,32). The van der Waals surface area contributed by atoms with Crippen LogP contribution in [0.4, 0.5) is 0 Å². The Morgan fingerprint density at radius 3 is 2.44 bits per heavy atom. The number of hydrogen-bond acceptors (Lipinski definition) is 6. The van der Waals surface area contributed by atoms with Crippen molar-refractivity contribution in [3.63, 3.8) is 0 Å². The van der Waals surface area contributed by atoms with E-state index in [2.05, 4.69) is 22.3 Å². The number of nitrogens with zero attached hydrogens (tertiary/aromatic N) is 5. The van der Waals surface area contributed by atoms with Crippen molar-refractivity contribution in [1.82, 2.24) is 24.5 Å². The second-order valence-electron chi connectivity index (χ2n) is 7.59. The topological polar surface area (TPSA) is 105 Å². The average molecular weight is 471 g/mol. The average Bonchev–Trinajstić information content (AvgIpc) is 3.62. The summed E-state index contributed by atoms with van der Waals surface area (Å²) in [5, 5.41) is 14.2. The molecule has 0 bridgehead atoms. The Hall–Kier alpha value is -4.11. The minimum atomic E-state index is -0.384. The van der Waals surface area contributed by atoms with Gasteiger partial charge in [0, 0.05) is 36.0 Å². The van der Waals surface area contributed by atoms with E-state index >= 15 is 0 Å². The van der Waals surface area contributed by atoms with E-state index in [1.807, 2.05) is 70.0 Å². The van der Waals surface area contributed by atoms with E-state index in [1.165, 1.54) is 11.8 Å². The molecule has 0 radical (unpaired) electrons. The lowest BCUT2D eigenvalue weighted by Crippen LogP contribution is -2.15. The lowest BCUT2D eigenvalue weighted by atomic mass is 10.1. The number of hydrogen-bond donors (Lipinski definition) is 1. The second kappa shape index (κ2) is 9.80. The molecule has 0 spiro atoms. The molecule has 34 heavy (non-hydrogen) atoms. The van der Waals surface area contributed by atoms with Crippen molar-refractivity contribution < 1.29 is 9.21 Å². The highest BCUT2D eigenvalue weighted by Crippen LogP contribution is 2.31. The van der Waals surface area contributed by atoms with Crippen LogP contribution in [-0.4, -0.2) is 30.5 Å². The maximum absolute atomic E-state index is 11.4. The fourth-order valence-corrected chi connectivity index (χ4v) is 4.54. The number of primary amides is 1. The largest absolute Gasteiger partial charge is 0.461 e. The van der Waals surface area contributed by atoms with Gasteiger partial charge in [0.15, 0.2) is 16.7 Å². The van der Waals surface area contributed by atoms with Crippen LogP contribution >= 0.6 is 11.8 Å². The molecule has 2 N–H and O–H groups in total. The summed E-state index contributed by atoms with van der Waals surface area (Å²) in [4.78, 5) is 11.4. The molecule has 3 heterocycles. The van der Waals surface area contributed by atoms with Crippen LogP contribution in [0.1, 0.15) is 12.0 Å². The Morgan fingerprint density at radius 2 is 1.74 bits per heavy atom. The molecule has 5 rings (SSSR count). The molecule has 9 heteroatoms. The number of aromatic nitrogens is 5. The summed E-state index contributed by atoms with van der Waals surface area (Å²) in [7, 11) is 0. The smallest absolute Gasteiger partial charge is 0.219 e. The summed E-state index contributed by atoms with van der Waals surface area (Å²) in [6, 6.07) is 23.7. The van der Waals surface area contributed by atoms with Crippen LogP contribution in [-0.2, 0) is 17.1 Å². The minimum absolute atomic E-state index is 0.181. The molecular weight excluding hydrogens is 448 g/mol. The lowest BCUT2D eigenvalue weighted by molar-refractivity contribution is -0.118. The molecule has 1 amide bonds. The molecule has 0 unspecified atom stereocenters. The van der Waals surface area contributed by atoms with E-state index in [0.717, 1.165) is 22.5 Å². The molecule has 170 valence electrons. The summed E-state index contributed by atoms with van der Waals surface area (Å²) in [6.07, 6.45) is 3.81. The van der Waals surface area contributed by atoms with Gasteiger partial charge in [-0.15, -0.1) is 10.2 Å². The first-order valence-corrected chi connectivity index (χ1v) is 11.7. The number of furan rings is 1. The molecule has 3 aromatic heterocycles. The number of carbonyl (C=O) groups is 1. The first-order valence-electron chi connectivity index (χ1n) is 10.8. The van der Waals surface area contributed by atoms with Crippen LogP contribution in [0.25, 0.3) is 28.5 Å². The molecule has 5 aromatic rings. The Balaban J connectivity index is 1.47. The third-order valence-electron chi connectivity index (χ3n) is 5.25. The van der Waals surface area contributed by atoms with Crippen molar-refractivity contribution in [3.05, 3.63) is 90.8 Å². The van der Waals surface area contributed by atoms with Crippen LogP contribution in [0.3, 0.4) is 0 Å². The van der Waals surface area contributed by atoms with Crippen molar-refractivity contribution in [2.75, 3.05) is 0 Å². The maximum atomic E-state index is 11.4. The van der Waals surface area contributed by atoms with Gasteiger partial charge >= 0.3 is 0 Å². The van der Waals surface area contributed by atoms with Crippen LogP contribution < -0.4 is 5.73 Å². The zero-order valence-corrected chi connectivity index (χ0v) is 19.1. The highest BCUT2D eigenvalue weighted by atomic mass is 32.2. The first kappa shape index (κ1) is 21.7. The summed E-state index contributed by atoms with van der Waals surface area (Å²) in [6.45, 7) is 0.371. The second-order valence-corrected chi connectivity index (χ2v) is 8.53. The van der Waals surface area contributed by atoms with Gasteiger partial charge in [-0.05, 0) is 24.3 Å². The first-order chi connectivity index (χ1) is 16.7. The number of para-hydroxylation sites is 1. The van der Waals surface area contributed by atoms with Crippen LogP contribution in [0.2, 0.25) is 0 Å². The number of amides is 1. The predicted octanol–water partition coefficient (Wildman–Crippen LogP) is 4.56. The van der Waals surface area contributed by atoms with Crippen molar-refractivity contribution >= 4 is 17.7 Å². The van der Waals surface area contributed by atoms with Gasteiger partial charge < -0.3 is 10.2 Å². The van der Waals surface area contributed by atoms with Gasteiger partial charge in [-0.2, -0.15) is 5.10 Å². The van der Waals surface area contributed by atoms with E-state index in [9.17, 15) is 4.79 Å². The van der Waals surface area contributed by atoms with Gasteiger partial charge in [-0.25, -0.2) is 4.68 Å². The number of rotatable bonds is 9. The number of thioether (sulfide) groups is 1. The minimum Gasteiger partial charge on any atom is -0.461 e. The molecule has 2 aromatic carbocycles. The van der Waals surface area contributed by atoms with Crippen molar-refractivity contribution in [3.8, 4) is 28.5 Å². The Kier molecular flexibility index (Phi) is 6.26. The highest BCUT2D eigenvalue weighted by Gasteiger charge is 2.19. The molecule has 0 atom stereocenters. The quantitative estimate of drug-likeness (QED) is 0.317. The molecule has 0 aliphatic rings. The molecule has 8 nitrogen and oxygen atoms in total. The predicted molar refractivity (Wildman–Crippen MR) is 130 cm³/mol. The highest BCUT2D eigenvalue weighted by molar-refractivity contribution is 7.98. The van der Waals surface area contributed by atoms with Crippen LogP contribution in [0.5, 0.6) is 0 Å². The van der Waals surface area contributed by atoms with Crippen molar-refractivity contribution in [2.45, 2.75) is 23.9 Å². The number of benzene rings is 2. The fraction of sp³-hybridized carbons (Fsp3) is 0.120. The lowest BCUT2D eigenvalue weighted by Gasteiger charge is -2.08. The zero-order valence-electron chi connectivity index (χ0n) is 18.2.